The maximum atomic E-state index is 13.4. The molecule has 0 unspecified atom stereocenters. The van der Waals surface area contributed by atoms with Gasteiger partial charge in [0.25, 0.3) is 0 Å². The van der Waals surface area contributed by atoms with Crippen LogP contribution in [-0.4, -0.2) is 31.1 Å². The van der Waals surface area contributed by atoms with Crippen molar-refractivity contribution in [3.8, 4) is 5.75 Å². The Bertz CT molecular complexity index is 818. The van der Waals surface area contributed by atoms with E-state index in [2.05, 4.69) is 15.0 Å². The van der Waals surface area contributed by atoms with Gasteiger partial charge in [0.05, 0.1) is 30.7 Å². The fraction of sp³-hybridized carbons (Fsp3) is 0.267. The topological polar surface area (TPSA) is 77.5 Å². The zero-order valence-electron chi connectivity index (χ0n) is 12.9. The normalized spacial score (nSPS) is 11.2. The van der Waals surface area contributed by atoms with Crippen molar-refractivity contribution in [1.82, 2.24) is 4.98 Å². The molecule has 128 valence electrons. The molecule has 24 heavy (non-hydrogen) atoms. The van der Waals surface area contributed by atoms with E-state index >= 15 is 0 Å². The molecule has 0 saturated carbocycles. The molecule has 0 bridgehead atoms. The molecule has 6 nitrogen and oxygen atoms in total. The Morgan fingerprint density at radius 2 is 1.83 bits per heavy atom. The molecule has 1 N–H and O–H groups in total. The van der Waals surface area contributed by atoms with E-state index in [1.54, 1.807) is 0 Å². The van der Waals surface area contributed by atoms with Crippen LogP contribution in [0.5, 0.6) is 5.75 Å². The van der Waals surface area contributed by atoms with Crippen molar-refractivity contribution in [3.05, 3.63) is 29.5 Å². The Labute approximate surface area is 134 Å². The number of carbonyl (C=O) groups excluding carboxylic acids is 2. The number of amides is 1. The van der Waals surface area contributed by atoms with E-state index in [-0.39, 0.29) is 22.3 Å². The smallest absolute Gasteiger partial charge is 0.417 e. The number of methoxy groups -OCH3 is 2. The van der Waals surface area contributed by atoms with Crippen molar-refractivity contribution < 1.29 is 32.2 Å². The van der Waals surface area contributed by atoms with Crippen LogP contribution in [0, 0.1) is 0 Å². The zero-order chi connectivity index (χ0) is 18.1. The van der Waals surface area contributed by atoms with Crippen LogP contribution in [0.3, 0.4) is 0 Å². The van der Waals surface area contributed by atoms with Crippen LogP contribution < -0.4 is 10.1 Å². The molecule has 1 aromatic heterocycles. The number of rotatable bonds is 3. The molecule has 1 amide bonds. The van der Waals surface area contributed by atoms with Crippen LogP contribution in [-0.2, 0) is 15.7 Å². The number of hydrogen-bond donors (Lipinski definition) is 1. The Kier molecular flexibility index (Phi) is 4.63. The van der Waals surface area contributed by atoms with E-state index in [4.69, 9.17) is 4.74 Å². The summed E-state index contributed by atoms with van der Waals surface area (Å²) in [6.07, 6.45) is -4.74. The summed E-state index contributed by atoms with van der Waals surface area (Å²) in [4.78, 5) is 26.7. The first-order valence-electron chi connectivity index (χ1n) is 6.63. The van der Waals surface area contributed by atoms with Gasteiger partial charge in [-0.15, -0.1) is 0 Å². The highest BCUT2D eigenvalue weighted by atomic mass is 19.4. The molecule has 0 atom stereocenters. The molecular weight excluding hydrogens is 329 g/mol. The molecular formula is C15H13F3N2O4. The Morgan fingerprint density at radius 3 is 2.33 bits per heavy atom. The molecule has 0 saturated heterocycles. The number of ether oxygens (including phenoxy) is 2. The molecule has 0 aliphatic heterocycles. The van der Waals surface area contributed by atoms with Gasteiger partial charge in [0, 0.05) is 18.7 Å². The summed E-state index contributed by atoms with van der Waals surface area (Å²) in [7, 11) is 2.23. The monoisotopic (exact) mass is 342 g/mol. The SMILES string of the molecule is COC(=O)c1cc(C(F)(F)F)c2c(OC)cc(NC(C)=O)cc2n1. The van der Waals surface area contributed by atoms with Crippen molar-refractivity contribution in [1.29, 1.82) is 0 Å². The maximum absolute atomic E-state index is 13.4. The van der Waals surface area contributed by atoms with Crippen molar-refractivity contribution in [2.45, 2.75) is 13.1 Å². The summed E-state index contributed by atoms with van der Waals surface area (Å²) in [6.45, 7) is 1.25. The Hall–Kier alpha value is -2.84. The number of esters is 1. The molecule has 1 aromatic carbocycles. The second-order valence-corrected chi connectivity index (χ2v) is 4.80. The lowest BCUT2D eigenvalue weighted by atomic mass is 10.0. The number of carbonyl (C=O) groups is 2. The summed E-state index contributed by atoms with van der Waals surface area (Å²) >= 11 is 0. The van der Waals surface area contributed by atoms with Crippen molar-refractivity contribution in [3.63, 3.8) is 0 Å². The third-order valence-corrected chi connectivity index (χ3v) is 3.11. The van der Waals surface area contributed by atoms with Gasteiger partial charge in [-0.05, 0) is 12.1 Å². The number of pyridine rings is 1. The lowest BCUT2D eigenvalue weighted by Gasteiger charge is -2.16. The van der Waals surface area contributed by atoms with Crippen LogP contribution in [0.4, 0.5) is 18.9 Å². The van der Waals surface area contributed by atoms with Crippen LogP contribution in [0.15, 0.2) is 18.2 Å². The molecule has 0 spiro atoms. The molecule has 2 rings (SSSR count). The van der Waals surface area contributed by atoms with Crippen LogP contribution >= 0.6 is 0 Å². The van der Waals surface area contributed by atoms with E-state index in [9.17, 15) is 22.8 Å². The second kappa shape index (κ2) is 6.34. The maximum Gasteiger partial charge on any atom is 0.417 e. The van der Waals surface area contributed by atoms with Gasteiger partial charge in [-0.25, -0.2) is 9.78 Å². The van der Waals surface area contributed by atoms with Gasteiger partial charge in [0.2, 0.25) is 5.91 Å². The zero-order valence-corrected chi connectivity index (χ0v) is 12.9. The quantitative estimate of drug-likeness (QED) is 0.868. The average molecular weight is 342 g/mol. The van der Waals surface area contributed by atoms with Crippen LogP contribution in [0.25, 0.3) is 10.9 Å². The third kappa shape index (κ3) is 3.39. The van der Waals surface area contributed by atoms with E-state index in [1.165, 1.54) is 26.2 Å². The minimum atomic E-state index is -4.74. The Morgan fingerprint density at radius 1 is 1.17 bits per heavy atom. The van der Waals surface area contributed by atoms with E-state index in [1.807, 2.05) is 0 Å². The minimum Gasteiger partial charge on any atom is -0.496 e. The summed E-state index contributed by atoms with van der Waals surface area (Å²) in [5.74, 6) is -1.56. The molecule has 0 radical (unpaired) electrons. The number of benzene rings is 1. The third-order valence-electron chi connectivity index (χ3n) is 3.11. The van der Waals surface area contributed by atoms with Crippen molar-refractivity contribution >= 4 is 28.5 Å². The molecule has 0 aliphatic carbocycles. The van der Waals surface area contributed by atoms with Gasteiger partial charge in [0.1, 0.15) is 11.4 Å². The average Bonchev–Trinajstić information content (AvgIpc) is 2.50. The van der Waals surface area contributed by atoms with Gasteiger partial charge >= 0.3 is 12.1 Å². The Balaban J connectivity index is 2.86. The summed E-state index contributed by atoms with van der Waals surface area (Å²) in [5, 5.41) is 2.12. The number of hydrogen-bond acceptors (Lipinski definition) is 5. The van der Waals surface area contributed by atoms with Gasteiger partial charge in [-0.3, -0.25) is 4.79 Å². The first-order valence-corrected chi connectivity index (χ1v) is 6.63. The van der Waals surface area contributed by atoms with Crippen LogP contribution in [0.1, 0.15) is 23.0 Å². The second-order valence-electron chi connectivity index (χ2n) is 4.80. The highest BCUT2D eigenvalue weighted by molar-refractivity contribution is 5.99. The lowest BCUT2D eigenvalue weighted by molar-refractivity contribution is -0.136. The molecule has 9 heteroatoms. The van der Waals surface area contributed by atoms with Crippen molar-refractivity contribution in [2.24, 2.45) is 0 Å². The predicted octanol–water partition coefficient (Wildman–Crippen LogP) is 3.01. The number of fused-ring (bicyclic) bond motifs is 1. The van der Waals surface area contributed by atoms with Gasteiger partial charge in [-0.1, -0.05) is 0 Å². The fourth-order valence-corrected chi connectivity index (χ4v) is 2.20. The number of nitrogens with one attached hydrogen (secondary N) is 1. The molecule has 2 aromatic rings. The molecule has 1 heterocycles. The largest absolute Gasteiger partial charge is 0.496 e. The number of anilines is 1. The highest BCUT2D eigenvalue weighted by Gasteiger charge is 2.35. The van der Waals surface area contributed by atoms with Gasteiger partial charge in [-0.2, -0.15) is 13.2 Å². The summed E-state index contributed by atoms with van der Waals surface area (Å²) in [6, 6.07) is 3.08. The fourth-order valence-electron chi connectivity index (χ4n) is 2.20. The first-order chi connectivity index (χ1) is 11.2. The van der Waals surface area contributed by atoms with E-state index in [0.717, 1.165) is 7.11 Å². The van der Waals surface area contributed by atoms with E-state index < -0.39 is 29.3 Å². The molecule has 0 aliphatic rings. The number of nitrogens with zero attached hydrogens (tertiary/aromatic N) is 1. The molecule has 0 fully saturated rings. The van der Waals surface area contributed by atoms with Gasteiger partial charge < -0.3 is 14.8 Å². The highest BCUT2D eigenvalue weighted by Crippen LogP contribution is 2.40. The van der Waals surface area contributed by atoms with Crippen LogP contribution in [0.2, 0.25) is 0 Å². The summed E-state index contributed by atoms with van der Waals surface area (Å²) < 4.78 is 49.6. The first kappa shape index (κ1) is 17.5. The standard InChI is InChI=1S/C15H13F3N2O4/c1-7(21)19-8-4-10-13(12(5-8)23-2)9(15(16,17)18)6-11(20-10)14(22)24-3/h4-6H,1-3H3,(H,19,21). The number of aromatic nitrogens is 1. The van der Waals surface area contributed by atoms with Crippen molar-refractivity contribution in [2.75, 3.05) is 19.5 Å². The lowest BCUT2D eigenvalue weighted by Crippen LogP contribution is -2.13. The van der Waals surface area contributed by atoms with E-state index in [0.29, 0.717) is 6.07 Å². The summed E-state index contributed by atoms with van der Waals surface area (Å²) in [5.41, 5.74) is -1.55. The van der Waals surface area contributed by atoms with Gasteiger partial charge in [0.15, 0.2) is 0 Å². The number of halogens is 3. The number of alkyl halides is 3. The predicted molar refractivity (Wildman–Crippen MR) is 78.9 cm³/mol. The minimum absolute atomic E-state index is 0.132.